The number of alkyl halides is 6. The van der Waals surface area contributed by atoms with Crippen molar-refractivity contribution in [2.45, 2.75) is 64.9 Å². The molecule has 8 heteroatoms. The third kappa shape index (κ3) is 3.98. The van der Waals surface area contributed by atoms with Crippen LogP contribution in [0.5, 0.6) is 0 Å². The van der Waals surface area contributed by atoms with Crippen LogP contribution >= 0.6 is 0 Å². The van der Waals surface area contributed by atoms with Gasteiger partial charge in [0.25, 0.3) is 5.60 Å². The molecule has 0 aromatic carbocycles. The molecular formula is C19H30F6O2. The molecular weight excluding hydrogens is 374 g/mol. The van der Waals surface area contributed by atoms with Crippen LogP contribution in [0.1, 0.15) is 47.0 Å². The monoisotopic (exact) mass is 404 g/mol. The van der Waals surface area contributed by atoms with Gasteiger partial charge >= 0.3 is 12.4 Å². The molecule has 0 N–H and O–H groups in total. The van der Waals surface area contributed by atoms with Crippen LogP contribution in [0.4, 0.5) is 26.3 Å². The standard InChI is InChI=1S/C19H30F6O2/c1-10(2)15-12-6-13(14(7-12)16(15)11(3)4)8-17(18(20,21)22,19(23,24)25)27-9-26-5/h10-16H,6-9H2,1-5H3. The molecule has 2 aliphatic carbocycles. The largest absolute Gasteiger partial charge is 0.426 e. The zero-order valence-electron chi connectivity index (χ0n) is 16.5. The molecule has 0 amide bonds. The lowest BCUT2D eigenvalue weighted by atomic mass is 9.64. The van der Waals surface area contributed by atoms with Gasteiger partial charge in [-0.25, -0.2) is 0 Å². The molecule has 0 heterocycles. The fourth-order valence-corrected chi connectivity index (χ4v) is 5.89. The van der Waals surface area contributed by atoms with Gasteiger partial charge in [0.05, 0.1) is 0 Å². The zero-order chi connectivity index (χ0) is 20.8. The van der Waals surface area contributed by atoms with E-state index in [0.29, 0.717) is 24.7 Å². The van der Waals surface area contributed by atoms with E-state index in [2.05, 4.69) is 23.3 Å². The maximum Gasteiger partial charge on any atom is 0.426 e. The van der Waals surface area contributed by atoms with Crippen molar-refractivity contribution in [2.24, 2.45) is 41.4 Å². The first-order valence-electron chi connectivity index (χ1n) is 9.53. The van der Waals surface area contributed by atoms with Crippen LogP contribution in [0, 0.1) is 41.4 Å². The normalized spacial score (nSPS) is 32.1. The number of hydrogen-bond acceptors (Lipinski definition) is 2. The summed E-state index contributed by atoms with van der Waals surface area (Å²) in [5.74, 6) is 0.506. The Morgan fingerprint density at radius 1 is 0.852 bits per heavy atom. The number of rotatable bonds is 7. The predicted molar refractivity (Wildman–Crippen MR) is 88.8 cm³/mol. The summed E-state index contributed by atoms with van der Waals surface area (Å²) in [5.41, 5.74) is -4.18. The highest BCUT2D eigenvalue weighted by molar-refractivity contribution is 5.06. The number of halogens is 6. The van der Waals surface area contributed by atoms with Crippen molar-refractivity contribution in [1.82, 2.24) is 0 Å². The van der Waals surface area contributed by atoms with Crippen molar-refractivity contribution < 1.29 is 35.8 Å². The van der Waals surface area contributed by atoms with E-state index in [1.807, 2.05) is 13.8 Å². The van der Waals surface area contributed by atoms with Crippen LogP contribution < -0.4 is 0 Å². The minimum absolute atomic E-state index is 0.127. The Kier molecular flexibility index (Phi) is 6.52. The van der Waals surface area contributed by atoms with Crippen LogP contribution in [-0.2, 0) is 9.47 Å². The SMILES string of the molecule is COCOC(CC1CC2CC1C(C(C)C)C2C(C)C)(C(F)(F)F)C(F)(F)F. The van der Waals surface area contributed by atoms with Gasteiger partial charge in [0.1, 0.15) is 6.79 Å². The molecule has 2 bridgehead atoms. The maximum absolute atomic E-state index is 13.7. The van der Waals surface area contributed by atoms with E-state index in [1.54, 1.807) is 0 Å². The topological polar surface area (TPSA) is 18.5 Å². The minimum atomic E-state index is -5.56. The van der Waals surface area contributed by atoms with Crippen LogP contribution in [0.25, 0.3) is 0 Å². The van der Waals surface area contributed by atoms with Crippen molar-refractivity contribution in [3.8, 4) is 0 Å². The van der Waals surface area contributed by atoms with Gasteiger partial charge in [-0.15, -0.1) is 0 Å². The Morgan fingerprint density at radius 3 is 1.78 bits per heavy atom. The molecule has 0 aliphatic heterocycles. The molecule has 0 spiro atoms. The molecule has 27 heavy (non-hydrogen) atoms. The summed E-state index contributed by atoms with van der Waals surface area (Å²) in [7, 11) is 1.01. The number of methoxy groups -OCH3 is 1. The van der Waals surface area contributed by atoms with E-state index in [9.17, 15) is 26.3 Å². The summed E-state index contributed by atoms with van der Waals surface area (Å²) in [4.78, 5) is 0. The van der Waals surface area contributed by atoms with Crippen LogP contribution in [0.3, 0.4) is 0 Å². The van der Waals surface area contributed by atoms with E-state index in [0.717, 1.165) is 7.11 Å². The van der Waals surface area contributed by atoms with Gasteiger partial charge in [0.15, 0.2) is 0 Å². The van der Waals surface area contributed by atoms with E-state index < -0.39 is 37.1 Å². The third-order valence-corrected chi connectivity index (χ3v) is 6.70. The summed E-state index contributed by atoms with van der Waals surface area (Å²) < 4.78 is 90.7. The first kappa shape index (κ1) is 22.8. The molecule has 5 atom stereocenters. The predicted octanol–water partition coefficient (Wildman–Crippen LogP) is 6.06. The van der Waals surface area contributed by atoms with Crippen molar-refractivity contribution >= 4 is 0 Å². The first-order chi connectivity index (χ1) is 12.3. The number of hydrogen-bond donors (Lipinski definition) is 0. The second-order valence-corrected chi connectivity index (χ2v) is 8.88. The quantitative estimate of drug-likeness (QED) is 0.379. The fourth-order valence-electron chi connectivity index (χ4n) is 5.89. The van der Waals surface area contributed by atoms with Crippen molar-refractivity contribution in [3.05, 3.63) is 0 Å². The molecule has 0 saturated heterocycles. The smallest absolute Gasteiger partial charge is 0.359 e. The third-order valence-electron chi connectivity index (χ3n) is 6.70. The Bertz CT molecular complexity index is 485. The number of ether oxygens (including phenoxy) is 2. The second-order valence-electron chi connectivity index (χ2n) is 8.88. The van der Waals surface area contributed by atoms with Gasteiger partial charge in [-0.05, 0) is 60.7 Å². The van der Waals surface area contributed by atoms with Gasteiger partial charge in [-0.3, -0.25) is 0 Å². The molecule has 2 nitrogen and oxygen atoms in total. The summed E-state index contributed by atoms with van der Waals surface area (Å²) in [5, 5.41) is 0. The highest BCUT2D eigenvalue weighted by Gasteiger charge is 2.73. The molecule has 2 aliphatic rings. The summed E-state index contributed by atoms with van der Waals surface area (Å²) in [6, 6.07) is 0. The van der Waals surface area contributed by atoms with Crippen molar-refractivity contribution in [1.29, 1.82) is 0 Å². The van der Waals surface area contributed by atoms with Gasteiger partial charge in [0, 0.05) is 7.11 Å². The summed E-state index contributed by atoms with van der Waals surface area (Å²) >= 11 is 0. The average molecular weight is 404 g/mol. The van der Waals surface area contributed by atoms with Crippen LogP contribution in [0.15, 0.2) is 0 Å². The maximum atomic E-state index is 13.7. The Labute approximate surface area is 157 Å². The lowest BCUT2D eigenvalue weighted by Gasteiger charge is -2.44. The molecule has 0 aromatic heterocycles. The van der Waals surface area contributed by atoms with E-state index in [1.165, 1.54) is 0 Å². The summed E-state index contributed by atoms with van der Waals surface area (Å²) in [6.45, 7) is 7.16. The van der Waals surface area contributed by atoms with Gasteiger partial charge in [-0.1, -0.05) is 27.7 Å². The van der Waals surface area contributed by atoms with Gasteiger partial charge in [-0.2, -0.15) is 26.3 Å². The van der Waals surface area contributed by atoms with Gasteiger partial charge in [0.2, 0.25) is 0 Å². The van der Waals surface area contributed by atoms with E-state index in [-0.39, 0.29) is 23.7 Å². The minimum Gasteiger partial charge on any atom is -0.359 e. The Hall–Kier alpha value is -0.500. The molecule has 2 fully saturated rings. The van der Waals surface area contributed by atoms with Crippen molar-refractivity contribution in [2.75, 3.05) is 13.9 Å². The second kappa shape index (κ2) is 7.73. The molecule has 0 aromatic rings. The molecule has 2 rings (SSSR count). The van der Waals surface area contributed by atoms with Crippen LogP contribution in [-0.4, -0.2) is 31.9 Å². The molecule has 0 radical (unpaired) electrons. The molecule has 160 valence electrons. The highest BCUT2D eigenvalue weighted by Crippen LogP contribution is 2.63. The van der Waals surface area contributed by atoms with E-state index in [4.69, 9.17) is 0 Å². The number of fused-ring (bicyclic) bond motifs is 2. The Balaban J connectivity index is 2.34. The highest BCUT2D eigenvalue weighted by atomic mass is 19.4. The average Bonchev–Trinajstić information content (AvgIpc) is 3.06. The van der Waals surface area contributed by atoms with E-state index >= 15 is 0 Å². The molecule has 2 saturated carbocycles. The first-order valence-corrected chi connectivity index (χ1v) is 9.53. The lowest BCUT2D eigenvalue weighted by molar-refractivity contribution is -0.397. The summed E-state index contributed by atoms with van der Waals surface area (Å²) in [6.07, 6.45) is -11.1. The van der Waals surface area contributed by atoms with Crippen LogP contribution in [0.2, 0.25) is 0 Å². The van der Waals surface area contributed by atoms with Gasteiger partial charge < -0.3 is 9.47 Å². The zero-order valence-corrected chi connectivity index (χ0v) is 16.5. The van der Waals surface area contributed by atoms with Crippen molar-refractivity contribution in [3.63, 3.8) is 0 Å². The lowest BCUT2D eigenvalue weighted by Crippen LogP contribution is -2.60. The fraction of sp³-hybridized carbons (Fsp3) is 1.00. The Morgan fingerprint density at radius 2 is 1.37 bits per heavy atom. The molecule has 5 unspecified atom stereocenters.